The lowest BCUT2D eigenvalue weighted by Gasteiger charge is -2.35. The number of carbonyl (C=O) groups excluding carboxylic acids is 1. The zero-order valence-corrected chi connectivity index (χ0v) is 21.5. The molecule has 1 aliphatic carbocycles. The Morgan fingerprint density at radius 2 is 2.14 bits per heavy atom. The molecule has 35 heavy (non-hydrogen) atoms. The first kappa shape index (κ1) is 22.3. The number of hydrogen-bond acceptors (Lipinski definition) is 7. The normalized spacial score (nSPS) is 19.3. The van der Waals surface area contributed by atoms with E-state index in [2.05, 4.69) is 50.1 Å². The van der Waals surface area contributed by atoms with Gasteiger partial charge in [-0.2, -0.15) is 5.10 Å². The van der Waals surface area contributed by atoms with Crippen molar-refractivity contribution in [2.75, 3.05) is 30.9 Å². The van der Waals surface area contributed by atoms with Gasteiger partial charge in [0.15, 0.2) is 0 Å². The first-order chi connectivity index (χ1) is 16.8. The van der Waals surface area contributed by atoms with E-state index in [1.807, 2.05) is 30.9 Å². The Balaban J connectivity index is 1.34. The van der Waals surface area contributed by atoms with Crippen LogP contribution in [-0.4, -0.2) is 56.6 Å². The number of amides is 1. The molecule has 5 heterocycles. The van der Waals surface area contributed by atoms with E-state index in [4.69, 9.17) is 0 Å². The van der Waals surface area contributed by atoms with Gasteiger partial charge in [-0.25, -0.2) is 14.5 Å². The molecule has 0 spiro atoms. The average molecular weight is 490 g/mol. The zero-order valence-electron chi connectivity index (χ0n) is 20.7. The number of anilines is 3. The van der Waals surface area contributed by atoms with Gasteiger partial charge in [-0.3, -0.25) is 4.79 Å². The van der Waals surface area contributed by atoms with E-state index in [-0.39, 0.29) is 11.5 Å². The van der Waals surface area contributed by atoms with Crippen LogP contribution in [0.25, 0.3) is 15.7 Å². The summed E-state index contributed by atoms with van der Waals surface area (Å²) >= 11 is 1.72. The molecule has 1 N–H and O–H groups in total. The second-order valence-corrected chi connectivity index (χ2v) is 11.6. The van der Waals surface area contributed by atoms with E-state index >= 15 is 0 Å². The lowest BCUT2D eigenvalue weighted by molar-refractivity contribution is -0.139. The number of fused-ring (bicyclic) bond motifs is 4. The molecule has 182 valence electrons. The quantitative estimate of drug-likeness (QED) is 0.449. The fourth-order valence-electron chi connectivity index (χ4n) is 5.69. The number of pyridine rings is 1. The molecule has 1 fully saturated rings. The number of thiophene rings is 1. The molecule has 1 aliphatic heterocycles. The number of rotatable bonds is 4. The summed E-state index contributed by atoms with van der Waals surface area (Å²) in [7, 11) is 4.05. The topological polar surface area (TPSA) is 78.7 Å². The highest BCUT2D eigenvalue weighted by Gasteiger charge is 2.39. The van der Waals surface area contributed by atoms with Crippen LogP contribution >= 0.6 is 11.3 Å². The van der Waals surface area contributed by atoms with Crippen molar-refractivity contribution in [3.8, 4) is 0 Å². The van der Waals surface area contributed by atoms with Crippen LogP contribution in [0.4, 0.5) is 17.2 Å². The summed E-state index contributed by atoms with van der Waals surface area (Å²) in [5, 5.41) is 9.07. The third kappa shape index (κ3) is 3.73. The van der Waals surface area contributed by atoms with E-state index in [1.165, 1.54) is 10.4 Å². The molecule has 4 aromatic rings. The minimum absolute atomic E-state index is 0.0269. The van der Waals surface area contributed by atoms with Gasteiger partial charge in [0.1, 0.15) is 17.0 Å². The van der Waals surface area contributed by atoms with Crippen LogP contribution in [0, 0.1) is 5.92 Å². The minimum atomic E-state index is -0.0269. The summed E-state index contributed by atoms with van der Waals surface area (Å²) in [6.45, 7) is 5.28. The molecule has 6 rings (SSSR count). The summed E-state index contributed by atoms with van der Waals surface area (Å²) in [6, 6.07) is 4.09. The number of nitrogens with zero attached hydrogens (tertiary/aromatic N) is 6. The van der Waals surface area contributed by atoms with Gasteiger partial charge in [0.2, 0.25) is 5.91 Å². The largest absolute Gasteiger partial charge is 0.375 e. The second-order valence-electron chi connectivity index (χ2n) is 10.5. The van der Waals surface area contributed by atoms with Crippen molar-refractivity contribution in [3.63, 3.8) is 0 Å². The molecule has 2 aliphatic rings. The van der Waals surface area contributed by atoms with Crippen molar-refractivity contribution in [1.29, 1.82) is 0 Å². The SMILES string of the molecule is CN(C)c1cn2nccc2cc1Nc1ncnc2sc3c(c12)CC[C@H](C(=O)N1CCCC1(C)C)C3. The van der Waals surface area contributed by atoms with Crippen LogP contribution in [0.2, 0.25) is 0 Å². The fourth-order valence-corrected chi connectivity index (χ4v) is 6.96. The highest BCUT2D eigenvalue weighted by atomic mass is 32.1. The molecule has 9 heteroatoms. The number of hydrogen-bond donors (Lipinski definition) is 1. The predicted octanol–water partition coefficient (Wildman–Crippen LogP) is 4.65. The van der Waals surface area contributed by atoms with Crippen LogP contribution < -0.4 is 10.2 Å². The highest BCUT2D eigenvalue weighted by Crippen LogP contribution is 2.42. The van der Waals surface area contributed by atoms with Gasteiger partial charge in [-0.15, -0.1) is 11.3 Å². The standard InChI is InChI=1S/C26H31N7OS/c1-26(2)9-5-11-32(26)25(34)16-6-7-18-21(12-16)35-24-22(18)23(27-15-28-24)30-19-13-17-8-10-29-33(17)14-20(19)31(3)4/h8,10,13-16H,5-7,9,11-12H2,1-4H3,(H,27,28,30)/t16-/m0/s1. The Morgan fingerprint density at radius 3 is 2.91 bits per heavy atom. The Kier molecular flexibility index (Phi) is 5.21. The van der Waals surface area contributed by atoms with Crippen LogP contribution in [0.1, 0.15) is 43.6 Å². The lowest BCUT2D eigenvalue weighted by Crippen LogP contribution is -2.46. The van der Waals surface area contributed by atoms with Crippen molar-refractivity contribution in [2.24, 2.45) is 5.92 Å². The molecule has 0 aromatic carbocycles. The van der Waals surface area contributed by atoms with Crippen LogP contribution in [0.5, 0.6) is 0 Å². The maximum Gasteiger partial charge on any atom is 0.226 e. The maximum absolute atomic E-state index is 13.4. The fraction of sp³-hybridized carbons (Fsp3) is 0.462. The first-order valence-electron chi connectivity index (χ1n) is 12.3. The number of likely N-dealkylation sites (tertiary alicyclic amines) is 1. The predicted molar refractivity (Wildman–Crippen MR) is 141 cm³/mol. The van der Waals surface area contributed by atoms with E-state index < -0.39 is 0 Å². The number of aromatic nitrogens is 4. The monoisotopic (exact) mass is 489 g/mol. The first-order valence-corrected chi connectivity index (χ1v) is 13.1. The van der Waals surface area contributed by atoms with Gasteiger partial charge in [0.25, 0.3) is 0 Å². The molecule has 4 aromatic heterocycles. The van der Waals surface area contributed by atoms with Gasteiger partial charge >= 0.3 is 0 Å². The molecule has 0 bridgehead atoms. The number of nitrogens with one attached hydrogen (secondary N) is 1. The maximum atomic E-state index is 13.4. The third-order valence-electron chi connectivity index (χ3n) is 7.61. The summed E-state index contributed by atoms with van der Waals surface area (Å²) < 4.78 is 1.88. The Morgan fingerprint density at radius 1 is 1.29 bits per heavy atom. The minimum Gasteiger partial charge on any atom is -0.375 e. The Bertz CT molecular complexity index is 1440. The Hall–Kier alpha value is -3.20. The van der Waals surface area contributed by atoms with Gasteiger partial charge in [0.05, 0.1) is 28.5 Å². The van der Waals surface area contributed by atoms with E-state index in [0.29, 0.717) is 5.91 Å². The highest BCUT2D eigenvalue weighted by molar-refractivity contribution is 7.19. The molecular weight excluding hydrogens is 458 g/mol. The van der Waals surface area contributed by atoms with Gasteiger partial charge in [-0.05, 0) is 63.6 Å². The molecule has 1 atom stereocenters. The molecule has 0 radical (unpaired) electrons. The van der Waals surface area contributed by atoms with Crippen molar-refractivity contribution in [1.82, 2.24) is 24.5 Å². The van der Waals surface area contributed by atoms with Crippen LogP contribution in [0.3, 0.4) is 0 Å². The number of aryl methyl sites for hydroxylation is 1. The molecular formula is C26H31N7OS. The third-order valence-corrected chi connectivity index (χ3v) is 8.77. The van der Waals surface area contributed by atoms with Crippen molar-refractivity contribution < 1.29 is 4.79 Å². The summed E-state index contributed by atoms with van der Waals surface area (Å²) in [6.07, 6.45) is 10.2. The van der Waals surface area contributed by atoms with Gasteiger partial charge in [-0.1, -0.05) is 0 Å². The zero-order chi connectivity index (χ0) is 24.3. The van der Waals surface area contributed by atoms with E-state index in [1.54, 1.807) is 23.9 Å². The van der Waals surface area contributed by atoms with Gasteiger partial charge < -0.3 is 15.1 Å². The van der Waals surface area contributed by atoms with E-state index in [9.17, 15) is 4.79 Å². The lowest BCUT2D eigenvalue weighted by atomic mass is 9.86. The summed E-state index contributed by atoms with van der Waals surface area (Å²) in [5.74, 6) is 1.21. The van der Waals surface area contributed by atoms with Gasteiger partial charge in [0, 0.05) is 43.2 Å². The Labute approximate surface area is 209 Å². The number of carbonyl (C=O) groups is 1. The average Bonchev–Trinajstić information content (AvgIpc) is 3.53. The van der Waals surface area contributed by atoms with Crippen molar-refractivity contribution >= 4 is 50.2 Å². The smallest absolute Gasteiger partial charge is 0.226 e. The van der Waals surface area contributed by atoms with E-state index in [0.717, 1.165) is 71.6 Å². The molecule has 8 nitrogen and oxygen atoms in total. The molecule has 1 amide bonds. The van der Waals surface area contributed by atoms with Crippen LogP contribution in [0.15, 0.2) is 30.9 Å². The van der Waals surface area contributed by atoms with Crippen molar-refractivity contribution in [2.45, 2.75) is 51.5 Å². The summed E-state index contributed by atoms with van der Waals surface area (Å²) in [5.41, 5.74) is 4.29. The van der Waals surface area contributed by atoms with Crippen molar-refractivity contribution in [3.05, 3.63) is 41.3 Å². The molecule has 1 saturated heterocycles. The molecule has 0 unspecified atom stereocenters. The van der Waals surface area contributed by atoms with Crippen LogP contribution in [-0.2, 0) is 17.6 Å². The molecule has 0 saturated carbocycles. The second kappa shape index (κ2) is 8.19. The summed E-state index contributed by atoms with van der Waals surface area (Å²) in [4.78, 5) is 29.1.